The summed E-state index contributed by atoms with van der Waals surface area (Å²) in [7, 11) is 1.49. The predicted molar refractivity (Wildman–Crippen MR) is 138 cm³/mol. The molecule has 0 saturated carbocycles. The fraction of sp³-hybridized carbons (Fsp3) is 0.192. The summed E-state index contributed by atoms with van der Waals surface area (Å²) < 4.78 is 7.38. The highest BCUT2D eigenvalue weighted by Crippen LogP contribution is 2.34. The number of amides is 1. The molecule has 0 bridgehead atoms. The van der Waals surface area contributed by atoms with Crippen LogP contribution in [-0.4, -0.2) is 84.6 Å². The number of aromatic amines is 1. The summed E-state index contributed by atoms with van der Waals surface area (Å²) >= 11 is 0. The normalized spacial score (nSPS) is 13.6. The molecule has 1 N–H and O–H groups in total. The second kappa shape index (κ2) is 9.73. The van der Waals surface area contributed by atoms with Crippen molar-refractivity contribution in [1.82, 2.24) is 39.6 Å². The zero-order chi connectivity index (χ0) is 26.1. The number of para-hydroxylation sites is 1. The number of carbonyl (C=O) groups excluding carboxylic acids is 2. The Labute approximate surface area is 216 Å². The largest absolute Gasteiger partial charge is 0.494 e. The smallest absolute Gasteiger partial charge is 0.295 e. The monoisotopic (exact) mass is 509 g/mol. The minimum absolute atomic E-state index is 0.223. The second-order valence-corrected chi connectivity index (χ2v) is 8.66. The first-order valence-electron chi connectivity index (χ1n) is 12.0. The van der Waals surface area contributed by atoms with Gasteiger partial charge in [0.2, 0.25) is 5.95 Å². The first kappa shape index (κ1) is 23.3. The van der Waals surface area contributed by atoms with Crippen molar-refractivity contribution < 1.29 is 14.3 Å². The maximum absolute atomic E-state index is 13.4. The van der Waals surface area contributed by atoms with Crippen LogP contribution in [0.2, 0.25) is 0 Å². The fourth-order valence-electron chi connectivity index (χ4n) is 4.65. The van der Waals surface area contributed by atoms with E-state index in [0.717, 1.165) is 5.69 Å². The van der Waals surface area contributed by atoms with Crippen LogP contribution in [-0.2, 0) is 4.79 Å². The van der Waals surface area contributed by atoms with E-state index in [-0.39, 0.29) is 5.56 Å². The van der Waals surface area contributed by atoms with Crippen LogP contribution in [0.15, 0.2) is 67.6 Å². The lowest BCUT2D eigenvalue weighted by Gasteiger charge is -2.34. The first-order valence-corrected chi connectivity index (χ1v) is 12.0. The number of aromatic nitrogens is 7. The molecule has 0 atom stereocenters. The maximum Gasteiger partial charge on any atom is 0.295 e. The zero-order valence-corrected chi connectivity index (χ0v) is 20.5. The number of Topliss-reactive ketones (excluding diaryl/α,β-unsaturated/α-hetero) is 1. The van der Waals surface area contributed by atoms with Crippen LogP contribution >= 0.6 is 0 Å². The van der Waals surface area contributed by atoms with Gasteiger partial charge in [0, 0.05) is 44.8 Å². The second-order valence-electron chi connectivity index (χ2n) is 8.66. The van der Waals surface area contributed by atoms with E-state index < -0.39 is 11.7 Å². The summed E-state index contributed by atoms with van der Waals surface area (Å²) in [5, 5.41) is 8.84. The number of carbonyl (C=O) groups is 2. The molecule has 0 radical (unpaired) electrons. The molecule has 1 fully saturated rings. The van der Waals surface area contributed by atoms with Crippen molar-refractivity contribution in [1.29, 1.82) is 0 Å². The van der Waals surface area contributed by atoms with Gasteiger partial charge in [0.1, 0.15) is 23.5 Å². The molecule has 5 aromatic rings. The standard InChI is InChI=1S/C26H23N9O3/c1-38-20-15-30-22(19-14-27-7-8-28-19)23-21(20)18(13-29-23)24(36)25(37)33-9-11-34(12-10-33)26-32-31-16-35(26)17-5-3-2-4-6-17/h2-8,13-16,29H,9-12H2,1H3. The van der Waals surface area contributed by atoms with Gasteiger partial charge in [-0.25, -0.2) is 4.98 Å². The average molecular weight is 510 g/mol. The van der Waals surface area contributed by atoms with E-state index in [1.54, 1.807) is 29.8 Å². The van der Waals surface area contributed by atoms with Crippen LogP contribution in [0, 0.1) is 0 Å². The minimum atomic E-state index is -0.619. The lowest BCUT2D eigenvalue weighted by atomic mass is 10.1. The van der Waals surface area contributed by atoms with Gasteiger partial charge in [-0.1, -0.05) is 18.2 Å². The van der Waals surface area contributed by atoms with Crippen LogP contribution in [0.5, 0.6) is 5.75 Å². The van der Waals surface area contributed by atoms with E-state index in [1.807, 2.05) is 34.9 Å². The molecule has 1 saturated heterocycles. The number of hydrogen-bond donors (Lipinski definition) is 1. The van der Waals surface area contributed by atoms with Gasteiger partial charge in [-0.15, -0.1) is 10.2 Å². The summed E-state index contributed by atoms with van der Waals surface area (Å²) in [6, 6.07) is 9.81. The van der Waals surface area contributed by atoms with Crippen molar-refractivity contribution in [2.45, 2.75) is 0 Å². The number of H-pyrrole nitrogens is 1. The topological polar surface area (TPSA) is 135 Å². The minimum Gasteiger partial charge on any atom is -0.494 e. The van der Waals surface area contributed by atoms with E-state index in [9.17, 15) is 9.59 Å². The van der Waals surface area contributed by atoms with Gasteiger partial charge in [-0.05, 0) is 12.1 Å². The highest BCUT2D eigenvalue weighted by Gasteiger charge is 2.31. The Bertz CT molecular complexity index is 1610. The summed E-state index contributed by atoms with van der Waals surface area (Å²) in [5.74, 6) is -0.114. The van der Waals surface area contributed by atoms with Gasteiger partial charge in [-0.3, -0.25) is 24.1 Å². The van der Waals surface area contributed by atoms with Crippen molar-refractivity contribution in [3.05, 3.63) is 73.2 Å². The van der Waals surface area contributed by atoms with Gasteiger partial charge >= 0.3 is 0 Å². The fourth-order valence-corrected chi connectivity index (χ4v) is 4.65. The van der Waals surface area contributed by atoms with Gasteiger partial charge < -0.3 is 19.5 Å². The average Bonchev–Trinajstić information content (AvgIpc) is 3.65. The molecule has 0 unspecified atom stereocenters. The summed E-state index contributed by atoms with van der Waals surface area (Å²) in [4.78, 5) is 46.3. The number of rotatable bonds is 6. The number of pyridine rings is 1. The Kier molecular flexibility index (Phi) is 5.96. The van der Waals surface area contributed by atoms with E-state index >= 15 is 0 Å². The maximum atomic E-state index is 13.4. The molecule has 1 amide bonds. The van der Waals surface area contributed by atoms with Gasteiger partial charge in [0.15, 0.2) is 0 Å². The summed E-state index contributed by atoms with van der Waals surface area (Å²) in [6.07, 6.45) is 9.42. The highest BCUT2D eigenvalue weighted by atomic mass is 16.5. The molecular formula is C26H23N9O3. The highest BCUT2D eigenvalue weighted by molar-refractivity contribution is 6.45. The molecule has 4 aromatic heterocycles. The molecule has 190 valence electrons. The third kappa shape index (κ3) is 4.01. The molecule has 12 heteroatoms. The van der Waals surface area contributed by atoms with E-state index in [1.165, 1.54) is 19.5 Å². The van der Waals surface area contributed by atoms with Crippen molar-refractivity contribution >= 4 is 28.5 Å². The summed E-state index contributed by atoms with van der Waals surface area (Å²) in [5.41, 5.74) is 2.76. The third-order valence-electron chi connectivity index (χ3n) is 6.55. The Morgan fingerprint density at radius 2 is 1.82 bits per heavy atom. The van der Waals surface area contributed by atoms with Crippen molar-refractivity contribution in [3.63, 3.8) is 0 Å². The molecule has 5 heterocycles. The summed E-state index contributed by atoms with van der Waals surface area (Å²) in [6.45, 7) is 1.78. The Morgan fingerprint density at radius 1 is 1.00 bits per heavy atom. The number of ether oxygens (including phenoxy) is 1. The molecule has 6 rings (SSSR count). The van der Waals surface area contributed by atoms with Crippen molar-refractivity contribution in [2.24, 2.45) is 0 Å². The van der Waals surface area contributed by atoms with Crippen LogP contribution in [0.25, 0.3) is 28.0 Å². The number of anilines is 1. The van der Waals surface area contributed by atoms with Crippen LogP contribution in [0.1, 0.15) is 10.4 Å². The van der Waals surface area contributed by atoms with E-state index in [0.29, 0.717) is 60.2 Å². The van der Waals surface area contributed by atoms with E-state index in [2.05, 4.69) is 35.0 Å². The zero-order valence-electron chi connectivity index (χ0n) is 20.5. The van der Waals surface area contributed by atoms with Crippen LogP contribution in [0.3, 0.4) is 0 Å². The van der Waals surface area contributed by atoms with Crippen LogP contribution in [0.4, 0.5) is 5.95 Å². The lowest BCUT2D eigenvalue weighted by molar-refractivity contribution is -0.126. The number of piperazine rings is 1. The first-order chi connectivity index (χ1) is 18.7. The Morgan fingerprint density at radius 3 is 2.55 bits per heavy atom. The molecule has 1 aliphatic heterocycles. The Balaban J connectivity index is 1.22. The van der Waals surface area contributed by atoms with Gasteiger partial charge in [0.05, 0.1) is 41.7 Å². The van der Waals surface area contributed by atoms with Gasteiger partial charge in [0.25, 0.3) is 11.7 Å². The quantitative estimate of drug-likeness (QED) is 0.270. The number of methoxy groups -OCH3 is 1. The van der Waals surface area contributed by atoms with Crippen molar-refractivity contribution in [3.8, 4) is 22.8 Å². The SMILES string of the molecule is COc1cnc(-c2cnccn2)c2[nH]cc(C(=O)C(=O)N3CCN(c4nncn4-c4ccccc4)CC3)c12. The third-order valence-corrected chi connectivity index (χ3v) is 6.55. The lowest BCUT2D eigenvalue weighted by Crippen LogP contribution is -2.51. The number of nitrogens with zero attached hydrogens (tertiary/aromatic N) is 8. The molecule has 1 aliphatic rings. The molecule has 38 heavy (non-hydrogen) atoms. The number of benzene rings is 1. The number of hydrogen-bond acceptors (Lipinski definition) is 9. The predicted octanol–water partition coefficient (Wildman–Crippen LogP) is 2.14. The molecular weight excluding hydrogens is 486 g/mol. The number of fused-ring (bicyclic) bond motifs is 1. The number of ketones is 1. The molecule has 12 nitrogen and oxygen atoms in total. The number of nitrogens with one attached hydrogen (secondary N) is 1. The van der Waals surface area contributed by atoms with Crippen molar-refractivity contribution in [2.75, 3.05) is 38.2 Å². The van der Waals surface area contributed by atoms with E-state index in [4.69, 9.17) is 4.74 Å². The van der Waals surface area contributed by atoms with Gasteiger partial charge in [-0.2, -0.15) is 0 Å². The Hall–Kier alpha value is -5.13. The molecule has 0 spiro atoms. The molecule has 1 aromatic carbocycles. The molecule has 0 aliphatic carbocycles. The van der Waals surface area contributed by atoms with Crippen LogP contribution < -0.4 is 9.64 Å².